The Morgan fingerprint density at radius 1 is 1.36 bits per heavy atom. The van der Waals surface area contributed by atoms with E-state index in [0.717, 1.165) is 19.0 Å². The summed E-state index contributed by atoms with van der Waals surface area (Å²) in [5.74, 6) is 1.44. The van der Waals surface area contributed by atoms with Crippen LogP contribution in [0, 0.1) is 0 Å². The topological polar surface area (TPSA) is 70.6 Å². The zero-order chi connectivity index (χ0) is 10.0. The Morgan fingerprint density at radius 2 is 2.07 bits per heavy atom. The average Bonchev–Trinajstić information content (AvgIpc) is 2.61. The quantitative estimate of drug-likeness (QED) is 0.598. The second-order valence-corrected chi connectivity index (χ2v) is 6.03. The molecule has 6 heteroatoms. The Bertz CT molecular complexity index is 322. The van der Waals surface area contributed by atoms with Gasteiger partial charge in [-0.05, 0) is 12.8 Å². The molecule has 80 valence electrons. The zero-order valence-electron chi connectivity index (χ0n) is 7.99. The van der Waals surface area contributed by atoms with E-state index in [0.29, 0.717) is 24.3 Å². The molecule has 0 aliphatic carbocycles. The summed E-state index contributed by atoms with van der Waals surface area (Å²) in [5.41, 5.74) is 0. The molecule has 0 bridgehead atoms. The van der Waals surface area contributed by atoms with Crippen molar-refractivity contribution in [3.8, 4) is 0 Å². The van der Waals surface area contributed by atoms with Gasteiger partial charge in [-0.3, -0.25) is 4.99 Å². The number of sulfone groups is 1. The van der Waals surface area contributed by atoms with Crippen LogP contribution >= 0.6 is 0 Å². The van der Waals surface area contributed by atoms with Gasteiger partial charge in [0.2, 0.25) is 0 Å². The van der Waals surface area contributed by atoms with Gasteiger partial charge in [-0.15, -0.1) is 0 Å². The lowest BCUT2D eigenvalue weighted by atomic mass is 10.2. The van der Waals surface area contributed by atoms with Gasteiger partial charge in [0, 0.05) is 12.6 Å². The van der Waals surface area contributed by atoms with Crippen molar-refractivity contribution in [1.82, 2.24) is 10.6 Å². The smallest absolute Gasteiger partial charge is 0.191 e. The van der Waals surface area contributed by atoms with Crippen LogP contribution in [0.4, 0.5) is 0 Å². The van der Waals surface area contributed by atoms with Crippen molar-refractivity contribution in [3.63, 3.8) is 0 Å². The molecule has 1 fully saturated rings. The monoisotopic (exact) mass is 217 g/mol. The summed E-state index contributed by atoms with van der Waals surface area (Å²) in [5, 5.41) is 6.34. The molecule has 0 amide bonds. The molecular formula is C8H15N3O2S. The summed E-state index contributed by atoms with van der Waals surface area (Å²) >= 11 is 0. The van der Waals surface area contributed by atoms with E-state index in [9.17, 15) is 8.42 Å². The molecule has 0 radical (unpaired) electrons. The third-order valence-electron chi connectivity index (χ3n) is 2.57. The third kappa shape index (κ3) is 2.37. The Balaban J connectivity index is 1.84. The first-order valence-electron chi connectivity index (χ1n) is 4.91. The fourth-order valence-electron chi connectivity index (χ4n) is 1.72. The largest absolute Gasteiger partial charge is 0.355 e. The average molecular weight is 217 g/mol. The maximum Gasteiger partial charge on any atom is 0.191 e. The molecule has 0 saturated carbocycles. The Hall–Kier alpha value is -0.780. The molecular weight excluding hydrogens is 202 g/mol. The first-order valence-corrected chi connectivity index (χ1v) is 6.73. The molecule has 0 aromatic rings. The predicted molar refractivity (Wildman–Crippen MR) is 55.1 cm³/mol. The van der Waals surface area contributed by atoms with E-state index in [1.54, 1.807) is 0 Å². The minimum absolute atomic E-state index is 0.267. The number of aliphatic imine (C=N–C) groups is 1. The minimum atomic E-state index is -2.75. The highest BCUT2D eigenvalue weighted by Crippen LogP contribution is 2.11. The van der Waals surface area contributed by atoms with Crippen LogP contribution in [-0.4, -0.2) is 45.0 Å². The molecule has 0 unspecified atom stereocenters. The molecule has 0 aromatic carbocycles. The molecule has 0 atom stereocenters. The summed E-state index contributed by atoms with van der Waals surface area (Å²) in [7, 11) is -2.75. The fourth-order valence-corrected chi connectivity index (χ4v) is 3.21. The van der Waals surface area contributed by atoms with Crippen LogP contribution in [0.1, 0.15) is 12.8 Å². The highest BCUT2D eigenvalue weighted by molar-refractivity contribution is 7.91. The maximum atomic E-state index is 11.2. The first kappa shape index (κ1) is 9.76. The third-order valence-corrected chi connectivity index (χ3v) is 4.29. The van der Waals surface area contributed by atoms with Crippen LogP contribution in [0.5, 0.6) is 0 Å². The van der Waals surface area contributed by atoms with Gasteiger partial charge >= 0.3 is 0 Å². The van der Waals surface area contributed by atoms with Gasteiger partial charge in [0.05, 0.1) is 18.1 Å². The normalized spacial score (nSPS) is 26.7. The number of hydrogen-bond acceptors (Lipinski definition) is 5. The summed E-state index contributed by atoms with van der Waals surface area (Å²) in [4.78, 5) is 4.21. The van der Waals surface area contributed by atoms with Gasteiger partial charge in [-0.2, -0.15) is 0 Å². The van der Waals surface area contributed by atoms with E-state index in [1.165, 1.54) is 0 Å². The van der Waals surface area contributed by atoms with Crippen LogP contribution in [0.25, 0.3) is 0 Å². The molecule has 2 N–H and O–H groups in total. The summed E-state index contributed by atoms with van der Waals surface area (Å²) in [6, 6.07) is 0.267. The van der Waals surface area contributed by atoms with Gasteiger partial charge in [-0.1, -0.05) is 0 Å². The number of nitrogens with one attached hydrogen (secondary N) is 2. The van der Waals surface area contributed by atoms with Crippen LogP contribution < -0.4 is 10.6 Å². The van der Waals surface area contributed by atoms with Gasteiger partial charge in [0.25, 0.3) is 0 Å². The van der Waals surface area contributed by atoms with Crippen LogP contribution in [0.2, 0.25) is 0 Å². The minimum Gasteiger partial charge on any atom is -0.355 e. The van der Waals surface area contributed by atoms with E-state index in [4.69, 9.17) is 0 Å². The lowest BCUT2D eigenvalue weighted by Gasteiger charge is -2.23. The van der Waals surface area contributed by atoms with Crippen molar-refractivity contribution in [2.75, 3.05) is 24.6 Å². The van der Waals surface area contributed by atoms with E-state index < -0.39 is 9.84 Å². The number of rotatable bonds is 1. The number of guanidine groups is 1. The van der Waals surface area contributed by atoms with Crippen molar-refractivity contribution in [3.05, 3.63) is 0 Å². The SMILES string of the molecule is O=S1(=O)CCC(NC2=NCCN2)CC1. The van der Waals surface area contributed by atoms with Crippen molar-refractivity contribution in [1.29, 1.82) is 0 Å². The summed E-state index contributed by atoms with van der Waals surface area (Å²) in [6.45, 7) is 1.70. The number of hydrogen-bond donors (Lipinski definition) is 2. The maximum absolute atomic E-state index is 11.2. The highest BCUT2D eigenvalue weighted by Gasteiger charge is 2.24. The lowest BCUT2D eigenvalue weighted by Crippen LogP contribution is -2.44. The van der Waals surface area contributed by atoms with E-state index in [-0.39, 0.29) is 6.04 Å². The summed E-state index contributed by atoms with van der Waals surface area (Å²) in [6.07, 6.45) is 1.39. The van der Waals surface area contributed by atoms with Crippen molar-refractivity contribution in [2.45, 2.75) is 18.9 Å². The van der Waals surface area contributed by atoms with Crippen LogP contribution in [-0.2, 0) is 9.84 Å². The molecule has 0 spiro atoms. The standard InChI is InChI=1S/C8H15N3O2S/c12-14(13)5-1-7(2-6-14)11-8-9-3-4-10-8/h7H,1-6H2,(H2,9,10,11). The fraction of sp³-hybridized carbons (Fsp3) is 0.875. The molecule has 2 rings (SSSR count). The van der Waals surface area contributed by atoms with Gasteiger partial charge in [-0.25, -0.2) is 8.42 Å². The second-order valence-electron chi connectivity index (χ2n) is 3.73. The summed E-state index contributed by atoms with van der Waals surface area (Å²) < 4.78 is 22.3. The Morgan fingerprint density at radius 3 is 2.64 bits per heavy atom. The van der Waals surface area contributed by atoms with E-state index in [2.05, 4.69) is 15.6 Å². The van der Waals surface area contributed by atoms with Crippen LogP contribution in [0.15, 0.2) is 4.99 Å². The molecule has 1 saturated heterocycles. The van der Waals surface area contributed by atoms with E-state index >= 15 is 0 Å². The van der Waals surface area contributed by atoms with Crippen molar-refractivity contribution >= 4 is 15.8 Å². The molecule has 14 heavy (non-hydrogen) atoms. The molecule has 5 nitrogen and oxygen atoms in total. The Kier molecular flexibility index (Phi) is 2.62. The second kappa shape index (κ2) is 3.76. The van der Waals surface area contributed by atoms with E-state index in [1.807, 2.05) is 0 Å². The highest BCUT2D eigenvalue weighted by atomic mass is 32.2. The molecule has 0 aromatic heterocycles. The van der Waals surface area contributed by atoms with Gasteiger partial charge < -0.3 is 10.6 Å². The molecule has 2 aliphatic heterocycles. The lowest BCUT2D eigenvalue weighted by molar-refractivity contribution is 0.517. The number of nitrogens with zero attached hydrogens (tertiary/aromatic N) is 1. The van der Waals surface area contributed by atoms with Crippen molar-refractivity contribution in [2.24, 2.45) is 4.99 Å². The van der Waals surface area contributed by atoms with Crippen LogP contribution in [0.3, 0.4) is 0 Å². The zero-order valence-corrected chi connectivity index (χ0v) is 8.81. The van der Waals surface area contributed by atoms with Gasteiger partial charge in [0.15, 0.2) is 5.96 Å². The molecule has 2 heterocycles. The predicted octanol–water partition coefficient (Wildman–Crippen LogP) is -0.888. The van der Waals surface area contributed by atoms with Crippen molar-refractivity contribution < 1.29 is 8.42 Å². The molecule has 2 aliphatic rings. The first-order chi connectivity index (χ1) is 6.66. The van der Waals surface area contributed by atoms with Gasteiger partial charge in [0.1, 0.15) is 9.84 Å². The Labute approximate surface area is 83.9 Å².